The lowest BCUT2D eigenvalue weighted by Crippen LogP contribution is -2.13. The third-order valence-corrected chi connectivity index (χ3v) is 4.86. The predicted molar refractivity (Wildman–Crippen MR) is 117 cm³/mol. The molecule has 0 aliphatic heterocycles. The van der Waals surface area contributed by atoms with Gasteiger partial charge in [-0.05, 0) is 48.5 Å². The average molecular weight is 425 g/mol. The molecule has 5 rings (SSSR count). The van der Waals surface area contributed by atoms with E-state index in [1.165, 1.54) is 18.6 Å². The minimum absolute atomic E-state index is 0.232. The molecule has 32 heavy (non-hydrogen) atoms. The molecule has 0 bridgehead atoms. The van der Waals surface area contributed by atoms with Crippen molar-refractivity contribution >= 4 is 11.6 Å². The molecule has 1 N–H and O–H groups in total. The van der Waals surface area contributed by atoms with Crippen LogP contribution in [0.25, 0.3) is 28.5 Å². The van der Waals surface area contributed by atoms with Crippen molar-refractivity contribution in [1.29, 1.82) is 0 Å². The Kier molecular flexibility index (Phi) is 5.01. The van der Waals surface area contributed by atoms with Crippen molar-refractivity contribution in [3.8, 4) is 28.5 Å². The number of aromatic nitrogens is 4. The number of amides is 1. The number of benzene rings is 3. The fraction of sp³-hybridized carbons (Fsp3) is 0. The van der Waals surface area contributed by atoms with Crippen LogP contribution in [0.4, 0.5) is 10.1 Å². The van der Waals surface area contributed by atoms with E-state index in [1.807, 2.05) is 12.1 Å². The molecule has 7 nitrogen and oxygen atoms in total. The van der Waals surface area contributed by atoms with Gasteiger partial charge in [-0.2, -0.15) is 5.10 Å². The summed E-state index contributed by atoms with van der Waals surface area (Å²) in [7, 11) is 0. The minimum Gasteiger partial charge on any atom is -0.436 e. The van der Waals surface area contributed by atoms with Gasteiger partial charge in [-0.3, -0.25) is 4.79 Å². The van der Waals surface area contributed by atoms with E-state index in [-0.39, 0.29) is 17.6 Å². The van der Waals surface area contributed by atoms with Gasteiger partial charge in [0.05, 0.1) is 23.0 Å². The molecule has 0 spiro atoms. The highest BCUT2D eigenvalue weighted by molar-refractivity contribution is 6.08. The van der Waals surface area contributed by atoms with Crippen LogP contribution in [0.2, 0.25) is 0 Å². The van der Waals surface area contributed by atoms with E-state index in [4.69, 9.17) is 4.42 Å². The van der Waals surface area contributed by atoms with Crippen LogP contribution in [0.5, 0.6) is 0 Å². The van der Waals surface area contributed by atoms with Crippen LogP contribution in [0.1, 0.15) is 10.4 Å². The van der Waals surface area contributed by atoms with Crippen LogP contribution in [-0.4, -0.2) is 25.7 Å². The summed E-state index contributed by atoms with van der Waals surface area (Å²) in [6.45, 7) is 0. The van der Waals surface area contributed by atoms with E-state index in [1.54, 1.807) is 65.6 Å². The fourth-order valence-electron chi connectivity index (χ4n) is 3.29. The molecule has 0 aliphatic carbocycles. The number of carbonyl (C=O) groups is 1. The maximum absolute atomic E-state index is 14.1. The Morgan fingerprint density at radius 3 is 2.44 bits per heavy atom. The van der Waals surface area contributed by atoms with Gasteiger partial charge in [-0.15, -0.1) is 0 Å². The summed E-state index contributed by atoms with van der Waals surface area (Å²) >= 11 is 0. The zero-order valence-electron chi connectivity index (χ0n) is 16.6. The molecule has 156 valence electrons. The number of nitrogens with zero attached hydrogens (tertiary/aromatic N) is 4. The molecule has 2 aromatic heterocycles. The van der Waals surface area contributed by atoms with Gasteiger partial charge in [0.2, 0.25) is 5.89 Å². The molecule has 0 radical (unpaired) electrons. The molecule has 0 unspecified atom stereocenters. The van der Waals surface area contributed by atoms with Crippen LogP contribution < -0.4 is 5.32 Å². The summed E-state index contributed by atoms with van der Waals surface area (Å²) in [6, 6.07) is 20.5. The summed E-state index contributed by atoms with van der Waals surface area (Å²) in [6.07, 6.45) is 4.49. The lowest BCUT2D eigenvalue weighted by Gasteiger charge is -2.09. The van der Waals surface area contributed by atoms with Gasteiger partial charge in [0.25, 0.3) is 5.91 Å². The van der Waals surface area contributed by atoms with Crippen LogP contribution in [0.3, 0.4) is 0 Å². The maximum atomic E-state index is 14.1. The zero-order valence-corrected chi connectivity index (χ0v) is 16.6. The first-order chi connectivity index (χ1) is 15.7. The van der Waals surface area contributed by atoms with Crippen molar-refractivity contribution in [2.75, 3.05) is 5.32 Å². The topological polar surface area (TPSA) is 85.8 Å². The molecule has 2 heterocycles. The fourth-order valence-corrected chi connectivity index (χ4v) is 3.29. The highest BCUT2D eigenvalue weighted by Crippen LogP contribution is 2.30. The van der Waals surface area contributed by atoms with Gasteiger partial charge >= 0.3 is 0 Å². The number of rotatable bonds is 5. The SMILES string of the molecule is O=C(Nc1ccc(-n2cncn2)cc1)c1ccccc1-c1ncc(-c2ccccc2F)o1. The predicted octanol–water partition coefficient (Wildman–Crippen LogP) is 4.98. The van der Waals surface area contributed by atoms with Crippen molar-refractivity contribution in [3.05, 3.63) is 103 Å². The van der Waals surface area contributed by atoms with E-state index in [9.17, 15) is 9.18 Å². The van der Waals surface area contributed by atoms with Crippen molar-refractivity contribution in [2.24, 2.45) is 0 Å². The Labute approximate surface area is 182 Å². The molecule has 1 amide bonds. The Morgan fingerprint density at radius 2 is 1.69 bits per heavy atom. The average Bonchev–Trinajstić information content (AvgIpc) is 3.53. The second-order valence-electron chi connectivity index (χ2n) is 6.90. The Morgan fingerprint density at radius 1 is 0.938 bits per heavy atom. The molecule has 5 aromatic rings. The molecule has 0 fully saturated rings. The number of anilines is 1. The van der Waals surface area contributed by atoms with Gasteiger partial charge in [-0.1, -0.05) is 24.3 Å². The highest BCUT2D eigenvalue weighted by atomic mass is 19.1. The lowest BCUT2D eigenvalue weighted by atomic mass is 10.1. The molecule has 0 aliphatic rings. The van der Waals surface area contributed by atoms with Crippen LogP contribution in [-0.2, 0) is 0 Å². The lowest BCUT2D eigenvalue weighted by molar-refractivity contribution is 0.102. The quantitative estimate of drug-likeness (QED) is 0.429. The second kappa shape index (κ2) is 8.27. The highest BCUT2D eigenvalue weighted by Gasteiger charge is 2.18. The normalized spacial score (nSPS) is 10.8. The second-order valence-corrected chi connectivity index (χ2v) is 6.90. The van der Waals surface area contributed by atoms with E-state index in [0.717, 1.165) is 5.69 Å². The van der Waals surface area contributed by atoms with Crippen LogP contribution in [0, 0.1) is 5.82 Å². The molecule has 3 aromatic carbocycles. The van der Waals surface area contributed by atoms with E-state index >= 15 is 0 Å². The number of hydrogen-bond donors (Lipinski definition) is 1. The molecule has 0 saturated carbocycles. The Balaban J connectivity index is 1.40. The van der Waals surface area contributed by atoms with E-state index in [2.05, 4.69) is 20.4 Å². The zero-order chi connectivity index (χ0) is 21.9. The first kappa shape index (κ1) is 19.4. The number of oxazole rings is 1. The van der Waals surface area contributed by atoms with Crippen molar-refractivity contribution in [1.82, 2.24) is 19.7 Å². The Hall–Kier alpha value is -4.59. The monoisotopic (exact) mass is 425 g/mol. The largest absolute Gasteiger partial charge is 0.436 e. The van der Waals surface area contributed by atoms with Gasteiger partial charge in [-0.25, -0.2) is 19.0 Å². The van der Waals surface area contributed by atoms with Crippen LogP contribution in [0.15, 0.2) is 96.1 Å². The number of nitrogens with one attached hydrogen (secondary N) is 1. The maximum Gasteiger partial charge on any atom is 0.256 e. The van der Waals surface area contributed by atoms with Crippen molar-refractivity contribution in [3.63, 3.8) is 0 Å². The third kappa shape index (κ3) is 3.77. The van der Waals surface area contributed by atoms with Gasteiger partial charge < -0.3 is 9.73 Å². The summed E-state index contributed by atoms with van der Waals surface area (Å²) < 4.78 is 21.5. The van der Waals surface area contributed by atoms with E-state index in [0.29, 0.717) is 22.4 Å². The van der Waals surface area contributed by atoms with Gasteiger partial charge in [0, 0.05) is 11.3 Å². The number of carbonyl (C=O) groups excluding carboxylic acids is 1. The molecule has 8 heteroatoms. The summed E-state index contributed by atoms with van der Waals surface area (Å²) in [5.41, 5.74) is 2.64. The smallest absolute Gasteiger partial charge is 0.256 e. The van der Waals surface area contributed by atoms with Crippen molar-refractivity contribution < 1.29 is 13.6 Å². The van der Waals surface area contributed by atoms with Crippen LogP contribution >= 0.6 is 0 Å². The summed E-state index contributed by atoms with van der Waals surface area (Å²) in [4.78, 5) is 21.2. The molecule has 0 atom stereocenters. The van der Waals surface area contributed by atoms with Gasteiger partial charge in [0.15, 0.2) is 5.76 Å². The minimum atomic E-state index is -0.407. The molecular formula is C24H16FN5O2. The summed E-state index contributed by atoms with van der Waals surface area (Å²) in [5.74, 6) is -0.206. The third-order valence-electron chi connectivity index (χ3n) is 4.86. The number of hydrogen-bond acceptors (Lipinski definition) is 5. The molecular weight excluding hydrogens is 409 g/mol. The van der Waals surface area contributed by atoms with E-state index < -0.39 is 5.82 Å². The van der Waals surface area contributed by atoms with Gasteiger partial charge in [0.1, 0.15) is 18.5 Å². The standard InChI is InChI=1S/C24H16FN5O2/c25-21-8-4-3-7-20(21)22-13-27-24(32-22)19-6-2-1-5-18(19)23(31)29-16-9-11-17(12-10-16)30-15-26-14-28-30/h1-15H,(H,29,31). The molecule has 0 saturated heterocycles. The number of halogens is 1. The Bertz CT molecular complexity index is 1380. The first-order valence-corrected chi connectivity index (χ1v) is 9.75. The first-order valence-electron chi connectivity index (χ1n) is 9.75. The summed E-state index contributed by atoms with van der Waals surface area (Å²) in [5, 5.41) is 6.95. The van der Waals surface area contributed by atoms with Crippen molar-refractivity contribution in [2.45, 2.75) is 0 Å².